The molecule has 7 heteroatoms. The first-order valence-electron chi connectivity index (χ1n) is 7.53. The maximum Gasteiger partial charge on any atom is 0.271 e. The van der Waals surface area contributed by atoms with E-state index in [1.165, 1.54) is 28.9 Å². The maximum absolute atomic E-state index is 12.4. The minimum absolute atomic E-state index is 0.254. The highest BCUT2D eigenvalue weighted by molar-refractivity contribution is 7.09. The summed E-state index contributed by atoms with van der Waals surface area (Å²) in [5.41, 5.74) is 2.07. The van der Waals surface area contributed by atoms with E-state index in [1.807, 2.05) is 13.8 Å². The fourth-order valence-electron chi connectivity index (χ4n) is 2.23. The van der Waals surface area contributed by atoms with Gasteiger partial charge in [-0.2, -0.15) is 4.98 Å². The van der Waals surface area contributed by atoms with E-state index >= 15 is 0 Å². The van der Waals surface area contributed by atoms with Crippen LogP contribution in [0.3, 0.4) is 0 Å². The molecule has 2 heterocycles. The predicted molar refractivity (Wildman–Crippen MR) is 90.9 cm³/mol. The summed E-state index contributed by atoms with van der Waals surface area (Å²) in [5.74, 6) is 0.169. The average Bonchev–Trinajstić information content (AvgIpc) is 3.21. The van der Waals surface area contributed by atoms with Gasteiger partial charge in [0.2, 0.25) is 6.39 Å². The molecular formula is C17H18N4O2S. The minimum atomic E-state index is -0.731. The van der Waals surface area contributed by atoms with E-state index < -0.39 is 5.54 Å². The highest BCUT2D eigenvalue weighted by Crippen LogP contribution is 2.19. The molecule has 1 aromatic carbocycles. The zero-order valence-corrected chi connectivity index (χ0v) is 14.6. The van der Waals surface area contributed by atoms with Crippen LogP contribution in [0.1, 0.15) is 46.3 Å². The molecule has 2 aromatic heterocycles. The molecule has 0 bridgehead atoms. The molecule has 3 rings (SSSR count). The SMILES string of the molecule is Cc1ccc(Cc2nc(C(=O)NC(C)(C)c3ncon3)cs2)cc1. The lowest BCUT2D eigenvalue weighted by Gasteiger charge is -2.21. The summed E-state index contributed by atoms with van der Waals surface area (Å²) in [6.45, 7) is 5.69. The summed E-state index contributed by atoms with van der Waals surface area (Å²) in [5, 5.41) is 9.34. The molecule has 0 aliphatic heterocycles. The number of hydrogen-bond acceptors (Lipinski definition) is 6. The van der Waals surface area contributed by atoms with Gasteiger partial charge in [0.15, 0.2) is 5.82 Å². The van der Waals surface area contributed by atoms with Crippen molar-refractivity contribution in [1.29, 1.82) is 0 Å². The molecule has 0 saturated carbocycles. The number of nitrogens with one attached hydrogen (secondary N) is 1. The number of amides is 1. The van der Waals surface area contributed by atoms with Crippen LogP contribution < -0.4 is 5.32 Å². The number of aryl methyl sites for hydroxylation is 1. The average molecular weight is 342 g/mol. The smallest absolute Gasteiger partial charge is 0.271 e. The third-order valence-electron chi connectivity index (χ3n) is 3.61. The van der Waals surface area contributed by atoms with E-state index in [4.69, 9.17) is 4.52 Å². The second kappa shape index (κ2) is 6.52. The topological polar surface area (TPSA) is 80.9 Å². The summed E-state index contributed by atoms with van der Waals surface area (Å²) in [6.07, 6.45) is 1.96. The van der Waals surface area contributed by atoms with Crippen LogP contribution in [0.25, 0.3) is 0 Å². The summed E-state index contributed by atoms with van der Waals surface area (Å²) < 4.78 is 4.74. The quantitative estimate of drug-likeness (QED) is 0.770. The Kier molecular flexibility index (Phi) is 4.44. The van der Waals surface area contributed by atoms with Gasteiger partial charge in [-0.15, -0.1) is 11.3 Å². The Balaban J connectivity index is 1.68. The van der Waals surface area contributed by atoms with E-state index in [2.05, 4.69) is 51.6 Å². The van der Waals surface area contributed by atoms with E-state index in [-0.39, 0.29) is 5.91 Å². The number of carbonyl (C=O) groups excluding carboxylic acids is 1. The van der Waals surface area contributed by atoms with E-state index in [9.17, 15) is 4.79 Å². The van der Waals surface area contributed by atoms with Crippen molar-refractivity contribution in [3.63, 3.8) is 0 Å². The molecule has 0 atom stereocenters. The highest BCUT2D eigenvalue weighted by atomic mass is 32.1. The zero-order chi connectivity index (χ0) is 17.2. The number of thiazole rings is 1. The molecule has 0 aliphatic carbocycles. The molecule has 1 N–H and O–H groups in total. The van der Waals surface area contributed by atoms with Gasteiger partial charge in [0, 0.05) is 11.8 Å². The number of carbonyl (C=O) groups is 1. The van der Waals surface area contributed by atoms with Gasteiger partial charge in [0.1, 0.15) is 5.69 Å². The Morgan fingerprint density at radius 1 is 1.29 bits per heavy atom. The lowest BCUT2D eigenvalue weighted by Crippen LogP contribution is -2.42. The Hall–Kier alpha value is -2.54. The highest BCUT2D eigenvalue weighted by Gasteiger charge is 2.28. The number of rotatable bonds is 5. The van der Waals surface area contributed by atoms with Crippen molar-refractivity contribution in [1.82, 2.24) is 20.4 Å². The molecule has 0 radical (unpaired) electrons. The van der Waals surface area contributed by atoms with Crippen LogP contribution >= 0.6 is 11.3 Å². The summed E-state index contributed by atoms with van der Waals surface area (Å²) in [6, 6.07) is 8.31. The number of nitrogens with zero attached hydrogens (tertiary/aromatic N) is 3. The second-order valence-electron chi connectivity index (χ2n) is 6.12. The summed E-state index contributed by atoms with van der Waals surface area (Å²) in [7, 11) is 0. The third kappa shape index (κ3) is 3.68. The number of benzene rings is 1. The van der Waals surface area contributed by atoms with E-state index in [0.717, 1.165) is 5.01 Å². The first-order valence-corrected chi connectivity index (χ1v) is 8.41. The van der Waals surface area contributed by atoms with Crippen molar-refractivity contribution in [3.8, 4) is 0 Å². The van der Waals surface area contributed by atoms with Crippen molar-refractivity contribution in [3.05, 3.63) is 63.7 Å². The molecule has 6 nitrogen and oxygen atoms in total. The second-order valence-corrected chi connectivity index (χ2v) is 7.07. The molecular weight excluding hydrogens is 324 g/mol. The van der Waals surface area contributed by atoms with Crippen molar-refractivity contribution in [2.75, 3.05) is 0 Å². The molecule has 0 fully saturated rings. The number of aromatic nitrogens is 3. The predicted octanol–water partition coefficient (Wildman–Crippen LogP) is 3.09. The molecule has 0 spiro atoms. The van der Waals surface area contributed by atoms with Crippen LogP contribution in [0.15, 0.2) is 40.6 Å². The Bertz CT molecular complexity index is 823. The van der Waals surface area contributed by atoms with Crippen LogP contribution in [0.5, 0.6) is 0 Å². The minimum Gasteiger partial charge on any atom is -0.343 e. The van der Waals surface area contributed by atoms with Crippen LogP contribution in [0.2, 0.25) is 0 Å². The van der Waals surface area contributed by atoms with Crippen LogP contribution in [0.4, 0.5) is 0 Å². The number of hydrogen-bond donors (Lipinski definition) is 1. The van der Waals surface area contributed by atoms with E-state index in [0.29, 0.717) is 17.9 Å². The van der Waals surface area contributed by atoms with Crippen LogP contribution in [-0.2, 0) is 12.0 Å². The molecule has 0 aliphatic rings. The molecule has 0 saturated heterocycles. The standard InChI is InChI=1S/C17H18N4O2S/c1-11-4-6-12(7-5-11)8-14-19-13(9-24-14)15(22)20-17(2,3)16-18-10-23-21-16/h4-7,9-10H,8H2,1-3H3,(H,20,22). The van der Waals surface area contributed by atoms with Gasteiger partial charge in [0.25, 0.3) is 5.91 Å². The van der Waals surface area contributed by atoms with Gasteiger partial charge in [-0.3, -0.25) is 4.79 Å². The fourth-order valence-corrected chi connectivity index (χ4v) is 3.04. The van der Waals surface area contributed by atoms with Crippen LogP contribution in [-0.4, -0.2) is 21.0 Å². The van der Waals surface area contributed by atoms with Gasteiger partial charge >= 0.3 is 0 Å². The maximum atomic E-state index is 12.4. The Labute approximate surface area is 143 Å². The van der Waals surface area contributed by atoms with E-state index in [1.54, 1.807) is 5.38 Å². The summed E-state index contributed by atoms with van der Waals surface area (Å²) in [4.78, 5) is 20.8. The molecule has 1 amide bonds. The molecule has 0 unspecified atom stereocenters. The first kappa shape index (κ1) is 16.3. The Morgan fingerprint density at radius 3 is 2.71 bits per heavy atom. The lowest BCUT2D eigenvalue weighted by atomic mass is 10.0. The van der Waals surface area contributed by atoms with Crippen molar-refractivity contribution in [2.45, 2.75) is 32.7 Å². The van der Waals surface area contributed by atoms with Crippen molar-refractivity contribution < 1.29 is 9.32 Å². The largest absolute Gasteiger partial charge is 0.343 e. The molecule has 3 aromatic rings. The molecule has 124 valence electrons. The van der Waals surface area contributed by atoms with Crippen LogP contribution in [0, 0.1) is 6.92 Å². The lowest BCUT2D eigenvalue weighted by molar-refractivity contribution is 0.0903. The summed E-state index contributed by atoms with van der Waals surface area (Å²) >= 11 is 1.48. The van der Waals surface area contributed by atoms with Gasteiger partial charge in [0.05, 0.1) is 10.5 Å². The normalized spacial score (nSPS) is 11.5. The zero-order valence-electron chi connectivity index (χ0n) is 13.7. The van der Waals surface area contributed by atoms with Crippen molar-refractivity contribution in [2.24, 2.45) is 0 Å². The Morgan fingerprint density at radius 2 is 2.04 bits per heavy atom. The van der Waals surface area contributed by atoms with Gasteiger partial charge in [-0.25, -0.2) is 4.98 Å². The third-order valence-corrected chi connectivity index (χ3v) is 4.46. The first-order chi connectivity index (χ1) is 11.4. The molecule has 24 heavy (non-hydrogen) atoms. The monoisotopic (exact) mass is 342 g/mol. The van der Waals surface area contributed by atoms with Crippen molar-refractivity contribution >= 4 is 17.2 Å². The fraction of sp³-hybridized carbons (Fsp3) is 0.294. The van der Waals surface area contributed by atoms with Gasteiger partial charge in [-0.05, 0) is 26.3 Å². The van der Waals surface area contributed by atoms with Gasteiger partial charge in [-0.1, -0.05) is 35.0 Å². The van der Waals surface area contributed by atoms with Gasteiger partial charge < -0.3 is 9.84 Å².